The number of anilines is 1. The summed E-state index contributed by atoms with van der Waals surface area (Å²) in [6, 6.07) is 4.15. The number of pyridine rings is 2. The van der Waals surface area contributed by atoms with Gasteiger partial charge in [-0.25, -0.2) is 36.1 Å². The molecular formula is C23H24F6N6O3S. The topological polar surface area (TPSA) is 132 Å². The number of aliphatic imine (C=N–C) groups is 1. The fourth-order valence-corrected chi connectivity index (χ4v) is 7.13. The van der Waals surface area contributed by atoms with Gasteiger partial charge in [0.05, 0.1) is 21.7 Å². The molecule has 0 fully saturated rings. The van der Waals surface area contributed by atoms with Crippen LogP contribution < -0.4 is 15.8 Å². The first-order chi connectivity index (χ1) is 18.3. The first-order valence-electron chi connectivity index (χ1n) is 11.6. The van der Waals surface area contributed by atoms with Gasteiger partial charge in [0, 0.05) is 6.54 Å². The highest BCUT2D eigenvalue weighted by Gasteiger charge is 2.54. The van der Waals surface area contributed by atoms with Gasteiger partial charge >= 0.3 is 12.3 Å². The maximum Gasteiger partial charge on any atom is 0.340 e. The maximum atomic E-state index is 15.0. The van der Waals surface area contributed by atoms with E-state index in [4.69, 9.17) is 5.73 Å². The lowest BCUT2D eigenvalue weighted by molar-refractivity contribution is -0.148. The predicted octanol–water partition coefficient (Wildman–Crippen LogP) is 3.70. The molecule has 3 N–H and O–H groups in total. The number of rotatable bonds is 8. The molecule has 4 heterocycles. The predicted molar refractivity (Wildman–Crippen MR) is 130 cm³/mol. The third kappa shape index (κ3) is 5.25. The number of fused-ring (bicyclic) bond motifs is 1. The van der Waals surface area contributed by atoms with E-state index in [0.717, 1.165) is 30.5 Å². The number of ether oxygens (including phenoxy) is 1. The van der Waals surface area contributed by atoms with Gasteiger partial charge < -0.3 is 15.8 Å². The standard InChI is InChI=1S/C23H24F6N6O3S/c1-21-7-2-8-32-39(21,37)12-22(10-24,35-20(21)30)17-14(25)4-6-16(33-17)34-18(36)15-5-3-13(9-31-15)38-11-23(28,29)19(26)27/h3-6,9,19H,2,7-8,10-12H2,1H3,(H2,30,35)(H,33,34,36). The highest BCUT2D eigenvalue weighted by atomic mass is 32.2. The van der Waals surface area contributed by atoms with E-state index in [1.807, 2.05) is 0 Å². The number of nitrogens with zero attached hydrogens (tertiary/aromatic N) is 4. The van der Waals surface area contributed by atoms with Gasteiger partial charge in [-0.05, 0) is 44.0 Å². The SMILES string of the molecule is CC12CCCN=S1(=O)CC(CF)(c1nc(NC(=O)c3ccc(OCC(F)(F)C(F)F)cn3)ccc1F)N=C2N. The number of aromatic nitrogens is 2. The molecule has 2 aliphatic rings. The number of nitrogens with two attached hydrogens (primary N) is 1. The molecule has 0 aliphatic carbocycles. The fourth-order valence-electron chi connectivity index (χ4n) is 4.25. The smallest absolute Gasteiger partial charge is 0.340 e. The van der Waals surface area contributed by atoms with Crippen LogP contribution in [-0.4, -0.2) is 68.6 Å². The van der Waals surface area contributed by atoms with E-state index < -0.39 is 68.8 Å². The van der Waals surface area contributed by atoms with E-state index in [1.165, 1.54) is 0 Å². The minimum absolute atomic E-state index is 0.117. The Morgan fingerprint density at radius 2 is 2.03 bits per heavy atom. The van der Waals surface area contributed by atoms with Crippen molar-refractivity contribution in [3.63, 3.8) is 0 Å². The van der Waals surface area contributed by atoms with Crippen molar-refractivity contribution in [2.24, 2.45) is 15.1 Å². The third-order valence-corrected chi connectivity index (χ3v) is 9.89. The molecule has 0 bridgehead atoms. The van der Waals surface area contributed by atoms with Crippen molar-refractivity contribution in [1.29, 1.82) is 0 Å². The van der Waals surface area contributed by atoms with E-state index >= 15 is 0 Å². The molecular weight excluding hydrogens is 554 g/mol. The third-order valence-electron chi connectivity index (χ3n) is 6.60. The van der Waals surface area contributed by atoms with Crippen LogP contribution in [0.2, 0.25) is 0 Å². The van der Waals surface area contributed by atoms with Crippen LogP contribution in [0.1, 0.15) is 35.9 Å². The second kappa shape index (κ2) is 10.3. The number of hydrogen-bond acceptors (Lipinski definition) is 8. The van der Waals surface area contributed by atoms with Gasteiger partial charge in [-0.3, -0.25) is 9.79 Å². The van der Waals surface area contributed by atoms with Crippen LogP contribution in [0, 0.1) is 5.82 Å². The quantitative estimate of drug-likeness (QED) is 0.459. The molecule has 0 saturated heterocycles. The normalized spacial score (nSPS) is 26.8. The number of amides is 1. The molecule has 2 aromatic rings. The second-order valence-electron chi connectivity index (χ2n) is 9.34. The van der Waals surface area contributed by atoms with E-state index in [9.17, 15) is 35.3 Å². The van der Waals surface area contributed by atoms with Crippen molar-refractivity contribution < 1.29 is 40.1 Å². The maximum absolute atomic E-state index is 15.0. The van der Waals surface area contributed by atoms with Crippen molar-refractivity contribution in [1.82, 2.24) is 9.97 Å². The van der Waals surface area contributed by atoms with Crippen LogP contribution in [-0.2, 0) is 15.3 Å². The molecule has 16 heteroatoms. The Balaban J connectivity index is 1.57. The van der Waals surface area contributed by atoms with Crippen LogP contribution in [0.3, 0.4) is 0 Å². The lowest BCUT2D eigenvalue weighted by atomic mass is 9.95. The lowest BCUT2D eigenvalue weighted by Crippen LogP contribution is -2.59. The first kappa shape index (κ1) is 28.6. The molecule has 0 saturated carbocycles. The molecule has 39 heavy (non-hydrogen) atoms. The van der Waals surface area contributed by atoms with Crippen LogP contribution in [0.4, 0.5) is 32.2 Å². The van der Waals surface area contributed by atoms with Gasteiger partial charge in [-0.15, -0.1) is 0 Å². The average molecular weight is 579 g/mol. The van der Waals surface area contributed by atoms with Crippen molar-refractivity contribution >= 4 is 27.3 Å². The summed E-state index contributed by atoms with van der Waals surface area (Å²) in [6.07, 6.45) is -2.01. The molecule has 3 unspecified atom stereocenters. The Kier molecular flexibility index (Phi) is 7.53. The second-order valence-corrected chi connectivity index (χ2v) is 12.1. The van der Waals surface area contributed by atoms with Gasteiger partial charge in [0.25, 0.3) is 5.91 Å². The van der Waals surface area contributed by atoms with Gasteiger partial charge in [0.1, 0.15) is 51.6 Å². The Morgan fingerprint density at radius 3 is 2.67 bits per heavy atom. The molecule has 0 spiro atoms. The molecule has 212 valence electrons. The summed E-state index contributed by atoms with van der Waals surface area (Å²) in [5, 5.41) is 2.35. The number of amidine groups is 1. The zero-order valence-electron chi connectivity index (χ0n) is 20.5. The Bertz CT molecular complexity index is 1420. The summed E-state index contributed by atoms with van der Waals surface area (Å²) in [4.78, 5) is 24.6. The van der Waals surface area contributed by atoms with Crippen LogP contribution in [0.5, 0.6) is 5.75 Å². The minimum atomic E-state index is -4.37. The average Bonchev–Trinajstić information content (AvgIpc) is 2.89. The summed E-state index contributed by atoms with van der Waals surface area (Å²) >= 11 is 0. The van der Waals surface area contributed by atoms with E-state index in [1.54, 1.807) is 6.92 Å². The van der Waals surface area contributed by atoms with Crippen LogP contribution in [0.25, 0.3) is 0 Å². The molecule has 3 atom stereocenters. The molecule has 0 aromatic carbocycles. The lowest BCUT2D eigenvalue weighted by Gasteiger charge is -2.44. The Morgan fingerprint density at radius 1 is 1.28 bits per heavy atom. The zero-order valence-corrected chi connectivity index (χ0v) is 21.3. The number of nitrogens with one attached hydrogen (secondary N) is 1. The minimum Gasteiger partial charge on any atom is -0.485 e. The number of alkyl halides is 5. The van der Waals surface area contributed by atoms with E-state index in [0.29, 0.717) is 12.8 Å². The van der Waals surface area contributed by atoms with Gasteiger partial charge in [-0.2, -0.15) is 8.78 Å². The van der Waals surface area contributed by atoms with Crippen molar-refractivity contribution in [3.8, 4) is 5.75 Å². The monoisotopic (exact) mass is 578 g/mol. The fraction of sp³-hybridized carbons (Fsp3) is 0.478. The zero-order chi connectivity index (χ0) is 28.6. The van der Waals surface area contributed by atoms with Gasteiger partial charge in [0.15, 0.2) is 6.61 Å². The Labute approximate surface area is 219 Å². The van der Waals surface area contributed by atoms with E-state index in [-0.39, 0.29) is 29.6 Å². The summed E-state index contributed by atoms with van der Waals surface area (Å²) in [5.74, 6) is -7.29. The summed E-state index contributed by atoms with van der Waals surface area (Å²) < 4.78 is 102. The van der Waals surface area contributed by atoms with Crippen LogP contribution in [0.15, 0.2) is 39.8 Å². The van der Waals surface area contributed by atoms with Gasteiger partial charge in [0.2, 0.25) is 0 Å². The summed E-state index contributed by atoms with van der Waals surface area (Å²) in [7, 11) is -3.14. The number of carbonyl (C=O) groups is 1. The van der Waals surface area contributed by atoms with E-state index in [2.05, 4.69) is 29.4 Å². The summed E-state index contributed by atoms with van der Waals surface area (Å²) in [6.45, 7) is -0.970. The van der Waals surface area contributed by atoms with Crippen molar-refractivity contribution in [3.05, 3.63) is 47.7 Å². The van der Waals surface area contributed by atoms with Crippen molar-refractivity contribution in [2.75, 3.05) is 30.9 Å². The summed E-state index contributed by atoms with van der Waals surface area (Å²) in [5.41, 5.74) is 3.33. The molecule has 0 radical (unpaired) electrons. The molecule has 9 nitrogen and oxygen atoms in total. The molecule has 2 aliphatic heterocycles. The number of hydrogen-bond donors (Lipinski definition) is 2. The molecule has 4 rings (SSSR count). The van der Waals surface area contributed by atoms with Crippen LogP contribution >= 0.6 is 0 Å². The highest BCUT2D eigenvalue weighted by Crippen LogP contribution is 2.42. The van der Waals surface area contributed by atoms with Crippen molar-refractivity contribution in [2.45, 2.75) is 42.4 Å². The number of halogens is 6. The molecule has 1 amide bonds. The van der Waals surface area contributed by atoms with Gasteiger partial charge in [-0.1, -0.05) is 0 Å². The Hall–Kier alpha value is -3.43. The molecule has 2 aromatic heterocycles. The highest BCUT2D eigenvalue weighted by molar-refractivity contribution is 7.95. The number of carbonyl (C=O) groups excluding carboxylic acids is 1. The largest absolute Gasteiger partial charge is 0.485 e. The first-order valence-corrected chi connectivity index (χ1v) is 13.3.